The average molecular weight is 492 g/mol. The van der Waals surface area contributed by atoms with E-state index in [0.717, 1.165) is 12.1 Å². The Labute approximate surface area is 206 Å². The molecule has 7 heteroatoms. The van der Waals surface area contributed by atoms with Gasteiger partial charge >= 0.3 is 0 Å². The summed E-state index contributed by atoms with van der Waals surface area (Å²) in [6.07, 6.45) is -0.0624. The van der Waals surface area contributed by atoms with Gasteiger partial charge in [0, 0.05) is 30.2 Å². The van der Waals surface area contributed by atoms with Crippen molar-refractivity contribution in [2.75, 3.05) is 0 Å². The molecule has 35 heavy (non-hydrogen) atoms. The highest BCUT2D eigenvalue weighted by molar-refractivity contribution is 6.34. The van der Waals surface area contributed by atoms with Crippen molar-refractivity contribution in [2.24, 2.45) is 0 Å². The molecule has 0 saturated carbocycles. The molecule has 0 heterocycles. The lowest BCUT2D eigenvalue weighted by Crippen LogP contribution is -2.25. The third kappa shape index (κ3) is 6.11. The summed E-state index contributed by atoms with van der Waals surface area (Å²) in [5, 5.41) is 2.75. The van der Waals surface area contributed by atoms with Crippen LogP contribution in [0.3, 0.4) is 0 Å². The van der Waals surface area contributed by atoms with Gasteiger partial charge in [-0.25, -0.2) is 8.78 Å². The maximum absolute atomic E-state index is 13.9. The minimum absolute atomic E-state index is 0.0624. The van der Waals surface area contributed by atoms with Crippen LogP contribution in [-0.4, -0.2) is 11.7 Å². The second kappa shape index (κ2) is 10.9. The predicted molar refractivity (Wildman–Crippen MR) is 130 cm³/mol. The van der Waals surface area contributed by atoms with Crippen molar-refractivity contribution in [1.29, 1.82) is 0 Å². The molecule has 0 radical (unpaired) electrons. The lowest BCUT2D eigenvalue weighted by molar-refractivity contribution is 0.0949. The number of amides is 1. The van der Waals surface area contributed by atoms with Crippen molar-refractivity contribution >= 4 is 23.3 Å². The first-order valence-corrected chi connectivity index (χ1v) is 11.1. The topological polar surface area (TPSA) is 55.4 Å². The standard InChI is InChI=1S/C28H20ClF2NO3/c29-24-8-4-5-19(27(24)28(34)32-17-20-9-12-21(30)16-25(20)31)15-26(33)18-10-13-23(14-11-18)35-22-6-2-1-3-7-22/h1-14,16H,15,17H2,(H,32,34). The molecule has 0 atom stereocenters. The summed E-state index contributed by atoms with van der Waals surface area (Å²) in [5.74, 6) is -0.972. The van der Waals surface area contributed by atoms with Gasteiger partial charge in [0.2, 0.25) is 0 Å². The Kier molecular flexibility index (Phi) is 7.53. The van der Waals surface area contributed by atoms with Crippen molar-refractivity contribution in [1.82, 2.24) is 5.32 Å². The number of halogens is 3. The van der Waals surface area contributed by atoms with Crippen molar-refractivity contribution < 1.29 is 23.1 Å². The number of nitrogens with one attached hydrogen (secondary N) is 1. The minimum atomic E-state index is -0.764. The fourth-order valence-corrected chi connectivity index (χ4v) is 3.79. The zero-order valence-corrected chi connectivity index (χ0v) is 19.2. The smallest absolute Gasteiger partial charge is 0.253 e. The van der Waals surface area contributed by atoms with E-state index in [0.29, 0.717) is 22.6 Å². The first-order chi connectivity index (χ1) is 16.9. The number of ketones is 1. The molecule has 0 aliphatic heterocycles. The van der Waals surface area contributed by atoms with E-state index in [4.69, 9.17) is 16.3 Å². The molecule has 0 bridgehead atoms. The molecule has 4 nitrogen and oxygen atoms in total. The third-order valence-electron chi connectivity index (χ3n) is 5.29. The molecule has 0 aliphatic carbocycles. The fourth-order valence-electron chi connectivity index (χ4n) is 3.51. The maximum atomic E-state index is 13.9. The van der Waals surface area contributed by atoms with Crippen LogP contribution in [0.15, 0.2) is 91.0 Å². The maximum Gasteiger partial charge on any atom is 0.253 e. The van der Waals surface area contributed by atoms with Gasteiger partial charge in [-0.2, -0.15) is 0 Å². The summed E-state index contributed by atoms with van der Waals surface area (Å²) in [7, 11) is 0. The molecular formula is C28H20ClF2NO3. The van der Waals surface area contributed by atoms with Gasteiger partial charge in [-0.1, -0.05) is 48.0 Å². The molecule has 0 aliphatic rings. The average Bonchev–Trinajstić information content (AvgIpc) is 2.84. The van der Waals surface area contributed by atoms with Crippen LogP contribution in [0.25, 0.3) is 0 Å². The van der Waals surface area contributed by atoms with Gasteiger partial charge in [0.05, 0.1) is 10.6 Å². The molecule has 1 N–H and O–H groups in total. The Morgan fingerprint density at radius 2 is 1.51 bits per heavy atom. The van der Waals surface area contributed by atoms with Crippen molar-refractivity contribution in [3.63, 3.8) is 0 Å². The summed E-state index contributed by atoms with van der Waals surface area (Å²) in [6, 6.07) is 23.9. The molecule has 0 unspecified atom stereocenters. The molecule has 1 amide bonds. The minimum Gasteiger partial charge on any atom is -0.457 e. The van der Waals surface area contributed by atoms with Crippen LogP contribution in [0, 0.1) is 11.6 Å². The van der Waals surface area contributed by atoms with Gasteiger partial charge in [0.15, 0.2) is 5.78 Å². The number of hydrogen-bond donors (Lipinski definition) is 1. The van der Waals surface area contributed by atoms with E-state index in [1.54, 1.807) is 42.5 Å². The van der Waals surface area contributed by atoms with Gasteiger partial charge in [0.25, 0.3) is 5.91 Å². The Morgan fingerprint density at radius 3 is 2.23 bits per heavy atom. The summed E-state index contributed by atoms with van der Waals surface area (Å²) < 4.78 is 32.8. The van der Waals surface area contributed by atoms with E-state index < -0.39 is 17.5 Å². The van der Waals surface area contributed by atoms with Crippen LogP contribution in [0.4, 0.5) is 8.78 Å². The lowest BCUT2D eigenvalue weighted by atomic mass is 9.98. The molecule has 0 fully saturated rings. The SMILES string of the molecule is O=C(Cc1cccc(Cl)c1C(=O)NCc1ccc(F)cc1F)c1ccc(Oc2ccccc2)cc1. The van der Waals surface area contributed by atoms with E-state index in [-0.39, 0.29) is 34.9 Å². The van der Waals surface area contributed by atoms with Crippen molar-refractivity contribution in [2.45, 2.75) is 13.0 Å². The van der Waals surface area contributed by atoms with Crippen LogP contribution in [0.2, 0.25) is 5.02 Å². The number of ether oxygens (including phenoxy) is 1. The number of para-hydroxylation sites is 1. The highest BCUT2D eigenvalue weighted by atomic mass is 35.5. The number of hydrogen-bond acceptors (Lipinski definition) is 3. The first kappa shape index (κ1) is 24.1. The first-order valence-electron chi connectivity index (χ1n) is 10.8. The number of rotatable bonds is 8. The number of carbonyl (C=O) groups is 2. The second-order valence-electron chi connectivity index (χ2n) is 7.73. The summed E-state index contributed by atoms with van der Waals surface area (Å²) in [5.41, 5.74) is 1.14. The highest BCUT2D eigenvalue weighted by Crippen LogP contribution is 2.24. The summed E-state index contributed by atoms with van der Waals surface area (Å²) in [6.45, 7) is -0.160. The zero-order valence-electron chi connectivity index (χ0n) is 18.4. The van der Waals surface area contributed by atoms with Crippen LogP contribution in [0.1, 0.15) is 31.8 Å². The molecule has 4 aromatic carbocycles. The van der Waals surface area contributed by atoms with Crippen molar-refractivity contribution in [3.8, 4) is 11.5 Å². The molecular weight excluding hydrogens is 472 g/mol. The number of carbonyl (C=O) groups excluding carboxylic acids is 2. The Balaban J connectivity index is 1.46. The Morgan fingerprint density at radius 1 is 0.800 bits per heavy atom. The molecule has 0 aromatic heterocycles. The lowest BCUT2D eigenvalue weighted by Gasteiger charge is -2.12. The van der Waals surface area contributed by atoms with E-state index in [2.05, 4.69) is 5.32 Å². The van der Waals surface area contributed by atoms with Gasteiger partial charge < -0.3 is 10.1 Å². The van der Waals surface area contributed by atoms with Crippen LogP contribution in [0.5, 0.6) is 11.5 Å². The van der Waals surface area contributed by atoms with Gasteiger partial charge in [-0.05, 0) is 54.1 Å². The van der Waals surface area contributed by atoms with Crippen LogP contribution in [-0.2, 0) is 13.0 Å². The predicted octanol–water partition coefficient (Wildman–Crippen LogP) is 6.77. The van der Waals surface area contributed by atoms with Gasteiger partial charge in [0.1, 0.15) is 23.1 Å². The van der Waals surface area contributed by atoms with Gasteiger partial charge in [-0.3, -0.25) is 9.59 Å². The molecule has 0 saturated heterocycles. The highest BCUT2D eigenvalue weighted by Gasteiger charge is 2.19. The Bertz CT molecular complexity index is 1360. The summed E-state index contributed by atoms with van der Waals surface area (Å²) in [4.78, 5) is 25.8. The van der Waals surface area contributed by atoms with Crippen molar-refractivity contribution in [3.05, 3.63) is 130 Å². The van der Waals surface area contributed by atoms with E-state index in [9.17, 15) is 18.4 Å². The fraction of sp³-hybridized carbons (Fsp3) is 0.0714. The quantitative estimate of drug-likeness (QED) is 0.277. The normalized spacial score (nSPS) is 10.6. The molecule has 4 aromatic rings. The van der Waals surface area contributed by atoms with Crippen LogP contribution < -0.4 is 10.1 Å². The largest absolute Gasteiger partial charge is 0.457 e. The van der Waals surface area contributed by atoms with E-state index >= 15 is 0 Å². The summed E-state index contributed by atoms with van der Waals surface area (Å²) >= 11 is 6.27. The molecule has 176 valence electrons. The monoisotopic (exact) mass is 491 g/mol. The number of Topliss-reactive ketones (excluding diaryl/α,β-unsaturated/α-hetero) is 1. The van der Waals surface area contributed by atoms with Gasteiger partial charge in [-0.15, -0.1) is 0 Å². The zero-order chi connectivity index (χ0) is 24.8. The Hall–Kier alpha value is -4.03. The van der Waals surface area contributed by atoms with Crippen LogP contribution >= 0.6 is 11.6 Å². The van der Waals surface area contributed by atoms with E-state index in [1.807, 2.05) is 30.3 Å². The second-order valence-corrected chi connectivity index (χ2v) is 8.14. The number of benzene rings is 4. The molecule has 4 rings (SSSR count). The molecule has 0 spiro atoms. The third-order valence-corrected chi connectivity index (χ3v) is 5.60. The van der Waals surface area contributed by atoms with E-state index in [1.165, 1.54) is 6.07 Å².